The molecular formula is C22H28FIN4O3S. The van der Waals surface area contributed by atoms with Crippen LogP contribution < -0.4 is 15.4 Å². The molecule has 0 fully saturated rings. The van der Waals surface area contributed by atoms with Crippen LogP contribution in [0.15, 0.2) is 58.5 Å². The number of guanidine groups is 1. The summed E-state index contributed by atoms with van der Waals surface area (Å²) in [6.07, 6.45) is 3.75. The lowest BCUT2D eigenvalue weighted by atomic mass is 10.1. The van der Waals surface area contributed by atoms with Crippen LogP contribution in [0.5, 0.6) is 5.75 Å². The summed E-state index contributed by atoms with van der Waals surface area (Å²) in [4.78, 5) is 7.98. The topological polar surface area (TPSA) is 95.6 Å². The highest BCUT2D eigenvalue weighted by Crippen LogP contribution is 2.20. The average molecular weight is 574 g/mol. The monoisotopic (exact) mass is 574 g/mol. The lowest BCUT2D eigenvalue weighted by Crippen LogP contribution is -2.39. The number of H-pyrrole nitrogens is 1. The molecule has 174 valence electrons. The van der Waals surface area contributed by atoms with Gasteiger partial charge in [0.1, 0.15) is 18.2 Å². The summed E-state index contributed by atoms with van der Waals surface area (Å²) in [5, 5.41) is 7.26. The van der Waals surface area contributed by atoms with Gasteiger partial charge in [-0.05, 0) is 61.4 Å². The molecule has 0 saturated heterocycles. The van der Waals surface area contributed by atoms with Crippen molar-refractivity contribution in [3.63, 3.8) is 0 Å². The number of nitrogens with zero attached hydrogens (tertiary/aromatic N) is 1. The van der Waals surface area contributed by atoms with E-state index in [-0.39, 0.29) is 34.7 Å². The maximum Gasteiger partial charge on any atom is 0.191 e. The van der Waals surface area contributed by atoms with Crippen LogP contribution >= 0.6 is 24.0 Å². The van der Waals surface area contributed by atoms with Crippen LogP contribution in [0, 0.1) is 5.82 Å². The molecule has 2 aromatic carbocycles. The zero-order chi connectivity index (χ0) is 22.3. The summed E-state index contributed by atoms with van der Waals surface area (Å²) in [5.74, 6) is 1.02. The zero-order valence-electron chi connectivity index (χ0n) is 18.0. The molecule has 32 heavy (non-hydrogen) atoms. The van der Waals surface area contributed by atoms with E-state index >= 15 is 0 Å². The lowest BCUT2D eigenvalue weighted by Gasteiger charge is -2.12. The summed E-state index contributed by atoms with van der Waals surface area (Å²) in [6, 6.07) is 11.0. The van der Waals surface area contributed by atoms with Gasteiger partial charge in [0.2, 0.25) is 0 Å². The van der Waals surface area contributed by atoms with Gasteiger partial charge in [-0.1, -0.05) is 0 Å². The normalized spacial score (nSPS) is 11.8. The minimum Gasteiger partial charge on any atom is -0.492 e. The minimum absolute atomic E-state index is 0. The third-order valence-electron chi connectivity index (χ3n) is 4.64. The summed E-state index contributed by atoms with van der Waals surface area (Å²) in [6.45, 7) is 4.17. The van der Waals surface area contributed by atoms with Crippen molar-refractivity contribution >= 4 is 50.7 Å². The molecule has 0 aliphatic heterocycles. The van der Waals surface area contributed by atoms with Crippen LogP contribution in [0.1, 0.15) is 12.5 Å². The van der Waals surface area contributed by atoms with E-state index in [2.05, 4.69) is 20.6 Å². The Morgan fingerprint density at radius 1 is 1.16 bits per heavy atom. The number of halogens is 2. The van der Waals surface area contributed by atoms with Crippen molar-refractivity contribution < 1.29 is 17.5 Å². The maximum absolute atomic E-state index is 13.5. The molecule has 0 saturated carbocycles. The Balaban J connectivity index is 0.00000363. The van der Waals surface area contributed by atoms with Gasteiger partial charge in [0.25, 0.3) is 0 Å². The van der Waals surface area contributed by atoms with Gasteiger partial charge >= 0.3 is 0 Å². The molecule has 0 atom stereocenters. The van der Waals surface area contributed by atoms with E-state index in [9.17, 15) is 12.8 Å². The first-order valence-electron chi connectivity index (χ1n) is 10.1. The Bertz CT molecular complexity index is 1150. The molecule has 10 heteroatoms. The number of hydrogen-bond donors (Lipinski definition) is 3. The summed E-state index contributed by atoms with van der Waals surface area (Å²) in [5.41, 5.74) is 1.93. The number of ether oxygens (including phenoxy) is 1. The van der Waals surface area contributed by atoms with Crippen molar-refractivity contribution in [3.05, 3.63) is 60.0 Å². The number of aliphatic imine (C=N–C) groups is 1. The number of sulfone groups is 1. The minimum atomic E-state index is -3.21. The zero-order valence-corrected chi connectivity index (χ0v) is 21.2. The number of fused-ring (bicyclic) bond motifs is 1. The fourth-order valence-corrected chi connectivity index (χ4v) is 3.74. The molecule has 0 unspecified atom stereocenters. The highest BCUT2D eigenvalue weighted by Gasteiger charge is 2.07. The third-order valence-corrected chi connectivity index (χ3v) is 5.77. The van der Waals surface area contributed by atoms with Gasteiger partial charge in [0.05, 0.1) is 11.4 Å². The second-order valence-electron chi connectivity index (χ2n) is 7.03. The Morgan fingerprint density at radius 3 is 2.59 bits per heavy atom. The van der Waals surface area contributed by atoms with Crippen molar-refractivity contribution in [2.75, 3.05) is 32.5 Å². The molecule has 1 heterocycles. The first-order chi connectivity index (χ1) is 14.9. The largest absolute Gasteiger partial charge is 0.492 e. The fraction of sp³-hybridized carbons (Fsp3) is 0.318. The van der Waals surface area contributed by atoms with Crippen LogP contribution in [0.3, 0.4) is 0 Å². The first kappa shape index (κ1) is 25.9. The fourth-order valence-electron chi connectivity index (χ4n) is 3.11. The van der Waals surface area contributed by atoms with Gasteiger partial charge in [0.15, 0.2) is 15.8 Å². The number of aromatic amines is 1. The van der Waals surface area contributed by atoms with Crippen molar-refractivity contribution in [1.82, 2.24) is 15.6 Å². The molecule has 0 bridgehead atoms. The van der Waals surface area contributed by atoms with Crippen LogP contribution in [-0.4, -0.2) is 51.9 Å². The van der Waals surface area contributed by atoms with E-state index in [0.717, 1.165) is 23.0 Å². The Kier molecular flexibility index (Phi) is 9.76. The van der Waals surface area contributed by atoms with E-state index in [1.165, 1.54) is 30.5 Å². The number of aromatic nitrogens is 1. The second kappa shape index (κ2) is 12.0. The highest BCUT2D eigenvalue weighted by atomic mass is 127. The van der Waals surface area contributed by atoms with Gasteiger partial charge in [0, 0.05) is 36.4 Å². The Morgan fingerprint density at radius 2 is 1.91 bits per heavy atom. The molecule has 7 nitrogen and oxygen atoms in total. The molecule has 0 spiro atoms. The number of rotatable bonds is 9. The summed E-state index contributed by atoms with van der Waals surface area (Å²) < 4.78 is 42.1. The third kappa shape index (κ3) is 7.37. The predicted octanol–water partition coefficient (Wildman–Crippen LogP) is 3.51. The molecular weight excluding hydrogens is 546 g/mol. The van der Waals surface area contributed by atoms with E-state index in [0.29, 0.717) is 37.8 Å². The van der Waals surface area contributed by atoms with Crippen molar-refractivity contribution in [2.45, 2.75) is 18.2 Å². The van der Waals surface area contributed by atoms with Crippen LogP contribution in [0.2, 0.25) is 0 Å². The Labute approximate surface area is 204 Å². The molecule has 3 N–H and O–H groups in total. The number of benzene rings is 2. The van der Waals surface area contributed by atoms with E-state index in [1.54, 1.807) is 18.2 Å². The van der Waals surface area contributed by atoms with E-state index in [4.69, 9.17) is 4.74 Å². The van der Waals surface area contributed by atoms with Gasteiger partial charge in [-0.15, -0.1) is 24.0 Å². The van der Waals surface area contributed by atoms with Crippen LogP contribution in [0.4, 0.5) is 4.39 Å². The van der Waals surface area contributed by atoms with Gasteiger partial charge in [-0.3, -0.25) is 4.99 Å². The van der Waals surface area contributed by atoms with Crippen molar-refractivity contribution in [3.8, 4) is 5.75 Å². The van der Waals surface area contributed by atoms with Crippen LogP contribution in [0.25, 0.3) is 10.9 Å². The Hall–Kier alpha value is -2.34. The SMILES string of the molecule is CCNC(=NCCc1c[nH]c2ccc(F)cc12)NCCOc1ccc(S(C)(=O)=O)cc1.I. The summed E-state index contributed by atoms with van der Waals surface area (Å²) in [7, 11) is -3.21. The molecule has 0 radical (unpaired) electrons. The first-order valence-corrected chi connectivity index (χ1v) is 12.0. The van der Waals surface area contributed by atoms with Crippen molar-refractivity contribution in [2.24, 2.45) is 4.99 Å². The van der Waals surface area contributed by atoms with E-state index < -0.39 is 9.84 Å². The quantitative estimate of drug-likeness (QED) is 0.158. The molecule has 0 aliphatic rings. The second-order valence-corrected chi connectivity index (χ2v) is 9.05. The smallest absolute Gasteiger partial charge is 0.191 e. The lowest BCUT2D eigenvalue weighted by molar-refractivity contribution is 0.321. The van der Waals surface area contributed by atoms with Crippen LogP contribution in [-0.2, 0) is 16.3 Å². The predicted molar refractivity (Wildman–Crippen MR) is 136 cm³/mol. The molecule has 0 amide bonds. The maximum atomic E-state index is 13.5. The molecule has 1 aromatic heterocycles. The van der Waals surface area contributed by atoms with Crippen molar-refractivity contribution in [1.29, 1.82) is 0 Å². The molecule has 0 aliphatic carbocycles. The van der Waals surface area contributed by atoms with E-state index in [1.807, 2.05) is 13.1 Å². The molecule has 3 rings (SSSR count). The highest BCUT2D eigenvalue weighted by molar-refractivity contribution is 14.0. The van der Waals surface area contributed by atoms with Gasteiger partial charge < -0.3 is 20.4 Å². The summed E-state index contributed by atoms with van der Waals surface area (Å²) >= 11 is 0. The number of hydrogen-bond acceptors (Lipinski definition) is 4. The molecule has 3 aromatic rings. The van der Waals surface area contributed by atoms with Gasteiger partial charge in [-0.25, -0.2) is 12.8 Å². The standard InChI is InChI=1S/C22H27FN4O3S.HI/c1-3-24-22(25-11-10-16-15-27-21-9-4-17(23)14-20(16)21)26-12-13-30-18-5-7-19(8-6-18)31(2,28)29;/h4-9,14-15,27H,3,10-13H2,1-2H3,(H2,24,25,26);1H. The number of nitrogens with one attached hydrogen (secondary N) is 3. The van der Waals surface area contributed by atoms with Gasteiger partial charge in [-0.2, -0.15) is 0 Å². The average Bonchev–Trinajstić information content (AvgIpc) is 3.13.